The number of alkyl halides is 3. The number of piperazine rings is 1. The third-order valence-corrected chi connectivity index (χ3v) is 4.33. The predicted molar refractivity (Wildman–Crippen MR) is 70.5 cm³/mol. The number of hydrogen-bond acceptors (Lipinski definition) is 4. The van der Waals surface area contributed by atoms with Gasteiger partial charge in [-0.1, -0.05) is 0 Å². The van der Waals surface area contributed by atoms with Crippen LogP contribution in [0.15, 0.2) is 0 Å². The van der Waals surface area contributed by atoms with Crippen LogP contribution in [0.5, 0.6) is 0 Å². The van der Waals surface area contributed by atoms with Crippen molar-refractivity contribution in [1.29, 1.82) is 0 Å². The van der Waals surface area contributed by atoms with Crippen molar-refractivity contribution in [2.24, 2.45) is 11.7 Å². The Morgan fingerprint density at radius 3 is 2.20 bits per heavy atom. The van der Waals surface area contributed by atoms with E-state index in [0.29, 0.717) is 38.6 Å². The molecule has 20 heavy (non-hydrogen) atoms. The maximum absolute atomic E-state index is 12.4. The van der Waals surface area contributed by atoms with Crippen LogP contribution in [0.4, 0.5) is 13.2 Å². The van der Waals surface area contributed by atoms with Crippen LogP contribution in [-0.2, 0) is 4.74 Å². The van der Waals surface area contributed by atoms with Gasteiger partial charge in [0.25, 0.3) is 0 Å². The van der Waals surface area contributed by atoms with E-state index in [9.17, 15) is 13.2 Å². The summed E-state index contributed by atoms with van der Waals surface area (Å²) in [5.41, 5.74) is 5.89. The summed E-state index contributed by atoms with van der Waals surface area (Å²) >= 11 is 0. The molecule has 2 saturated heterocycles. The fraction of sp³-hybridized carbons (Fsp3) is 1.00. The molecule has 2 heterocycles. The maximum atomic E-state index is 12.4. The SMILES string of the molecule is NCC(C1CCOCC1)N1CCN(CC(F)(F)F)CC1. The topological polar surface area (TPSA) is 41.7 Å². The molecular formula is C13H24F3N3O. The van der Waals surface area contributed by atoms with Crippen LogP contribution < -0.4 is 5.73 Å². The Hall–Kier alpha value is -0.370. The molecule has 0 aromatic heterocycles. The van der Waals surface area contributed by atoms with E-state index in [0.717, 1.165) is 26.1 Å². The minimum atomic E-state index is -4.10. The molecule has 4 nitrogen and oxygen atoms in total. The lowest BCUT2D eigenvalue weighted by atomic mass is 9.90. The Morgan fingerprint density at radius 1 is 1.10 bits per heavy atom. The van der Waals surface area contributed by atoms with Crippen molar-refractivity contribution in [3.8, 4) is 0 Å². The summed E-state index contributed by atoms with van der Waals surface area (Å²) in [5, 5.41) is 0. The second kappa shape index (κ2) is 7.06. The summed E-state index contributed by atoms with van der Waals surface area (Å²) in [6.45, 7) is 3.61. The van der Waals surface area contributed by atoms with E-state index in [-0.39, 0.29) is 6.04 Å². The summed E-state index contributed by atoms with van der Waals surface area (Å²) < 4.78 is 42.5. The first-order chi connectivity index (χ1) is 9.49. The Kier molecular flexibility index (Phi) is 5.65. The summed E-state index contributed by atoms with van der Waals surface area (Å²) in [6, 6.07) is 0.284. The van der Waals surface area contributed by atoms with Crippen molar-refractivity contribution < 1.29 is 17.9 Å². The maximum Gasteiger partial charge on any atom is 0.401 e. The number of hydrogen-bond donors (Lipinski definition) is 1. The lowest BCUT2D eigenvalue weighted by molar-refractivity contribution is -0.150. The normalized spacial score (nSPS) is 25.8. The van der Waals surface area contributed by atoms with Crippen molar-refractivity contribution in [1.82, 2.24) is 9.80 Å². The minimum Gasteiger partial charge on any atom is -0.381 e. The highest BCUT2D eigenvalue weighted by atomic mass is 19.4. The van der Waals surface area contributed by atoms with Gasteiger partial charge in [0.05, 0.1) is 6.54 Å². The molecule has 1 unspecified atom stereocenters. The predicted octanol–water partition coefficient (Wildman–Crippen LogP) is 0.920. The van der Waals surface area contributed by atoms with Crippen LogP contribution in [-0.4, -0.2) is 74.5 Å². The van der Waals surface area contributed by atoms with Gasteiger partial charge < -0.3 is 10.5 Å². The Labute approximate surface area is 118 Å². The summed E-state index contributed by atoms with van der Waals surface area (Å²) in [6.07, 6.45) is -2.09. The Balaban J connectivity index is 1.81. The molecule has 0 aliphatic carbocycles. The number of nitrogens with two attached hydrogens (primary N) is 1. The zero-order valence-electron chi connectivity index (χ0n) is 11.7. The second-order valence-corrected chi connectivity index (χ2v) is 5.68. The standard InChI is InChI=1S/C13H24F3N3O/c14-13(15,16)10-18-3-5-19(6-4-18)12(9-17)11-1-7-20-8-2-11/h11-12H,1-10,17H2. The first-order valence-corrected chi connectivity index (χ1v) is 7.30. The molecule has 0 aromatic rings. The van der Waals surface area contributed by atoms with Crippen LogP contribution in [0.25, 0.3) is 0 Å². The molecular weight excluding hydrogens is 271 g/mol. The number of rotatable bonds is 4. The molecule has 0 radical (unpaired) electrons. The zero-order chi connectivity index (χ0) is 14.6. The molecule has 0 bridgehead atoms. The monoisotopic (exact) mass is 295 g/mol. The Bertz CT molecular complexity index is 287. The van der Waals surface area contributed by atoms with E-state index in [1.54, 1.807) is 0 Å². The second-order valence-electron chi connectivity index (χ2n) is 5.68. The van der Waals surface area contributed by atoms with Crippen molar-refractivity contribution in [2.75, 3.05) is 52.5 Å². The first-order valence-electron chi connectivity index (χ1n) is 7.30. The Morgan fingerprint density at radius 2 is 1.70 bits per heavy atom. The van der Waals surface area contributed by atoms with Crippen molar-refractivity contribution in [2.45, 2.75) is 25.1 Å². The minimum absolute atomic E-state index is 0.284. The van der Waals surface area contributed by atoms with Crippen molar-refractivity contribution in [3.05, 3.63) is 0 Å². The average Bonchev–Trinajstić information content (AvgIpc) is 2.41. The highest BCUT2D eigenvalue weighted by Crippen LogP contribution is 2.24. The molecule has 2 N–H and O–H groups in total. The molecule has 0 amide bonds. The van der Waals surface area contributed by atoms with Gasteiger partial charge in [0.1, 0.15) is 0 Å². The van der Waals surface area contributed by atoms with Crippen LogP contribution in [0.3, 0.4) is 0 Å². The lowest BCUT2D eigenvalue weighted by Crippen LogP contribution is -2.56. The van der Waals surface area contributed by atoms with Gasteiger partial charge in [-0.3, -0.25) is 9.80 Å². The third-order valence-electron chi connectivity index (χ3n) is 4.33. The van der Waals surface area contributed by atoms with E-state index in [1.807, 2.05) is 0 Å². The molecule has 118 valence electrons. The highest BCUT2D eigenvalue weighted by molar-refractivity contribution is 4.85. The molecule has 2 fully saturated rings. The summed E-state index contributed by atoms with van der Waals surface area (Å²) in [7, 11) is 0. The summed E-state index contributed by atoms with van der Waals surface area (Å²) in [4.78, 5) is 3.75. The van der Waals surface area contributed by atoms with E-state index < -0.39 is 12.7 Å². The molecule has 2 aliphatic heterocycles. The molecule has 7 heteroatoms. The van der Waals surface area contributed by atoms with Gasteiger partial charge in [0.15, 0.2) is 0 Å². The molecule has 2 rings (SSSR count). The molecule has 0 saturated carbocycles. The van der Waals surface area contributed by atoms with Crippen LogP contribution in [0, 0.1) is 5.92 Å². The van der Waals surface area contributed by atoms with Gasteiger partial charge in [-0.05, 0) is 18.8 Å². The van der Waals surface area contributed by atoms with Gasteiger partial charge in [0.2, 0.25) is 0 Å². The quantitative estimate of drug-likeness (QED) is 0.837. The number of nitrogens with zero attached hydrogens (tertiary/aromatic N) is 2. The van der Waals surface area contributed by atoms with Crippen LogP contribution in [0.1, 0.15) is 12.8 Å². The van der Waals surface area contributed by atoms with Crippen molar-refractivity contribution in [3.63, 3.8) is 0 Å². The van der Waals surface area contributed by atoms with E-state index in [2.05, 4.69) is 4.90 Å². The van der Waals surface area contributed by atoms with Crippen LogP contribution in [0.2, 0.25) is 0 Å². The van der Waals surface area contributed by atoms with Gasteiger partial charge in [-0.2, -0.15) is 13.2 Å². The number of halogens is 3. The molecule has 0 aromatic carbocycles. The highest BCUT2D eigenvalue weighted by Gasteiger charge is 2.34. The lowest BCUT2D eigenvalue weighted by Gasteiger charge is -2.43. The largest absolute Gasteiger partial charge is 0.401 e. The number of ether oxygens (including phenoxy) is 1. The molecule has 1 atom stereocenters. The summed E-state index contributed by atoms with van der Waals surface area (Å²) in [5.74, 6) is 0.517. The molecule has 2 aliphatic rings. The fourth-order valence-corrected chi connectivity index (χ4v) is 3.25. The van der Waals surface area contributed by atoms with Gasteiger partial charge in [-0.25, -0.2) is 0 Å². The van der Waals surface area contributed by atoms with E-state index in [4.69, 9.17) is 10.5 Å². The first kappa shape index (κ1) is 16.0. The van der Waals surface area contributed by atoms with Gasteiger partial charge in [-0.15, -0.1) is 0 Å². The smallest absolute Gasteiger partial charge is 0.381 e. The zero-order valence-corrected chi connectivity index (χ0v) is 11.7. The molecule has 0 spiro atoms. The van der Waals surface area contributed by atoms with Crippen LogP contribution >= 0.6 is 0 Å². The van der Waals surface area contributed by atoms with Crippen molar-refractivity contribution >= 4 is 0 Å². The third kappa shape index (κ3) is 4.58. The van der Waals surface area contributed by atoms with E-state index in [1.165, 1.54) is 4.90 Å². The average molecular weight is 295 g/mol. The van der Waals surface area contributed by atoms with E-state index >= 15 is 0 Å². The van der Waals surface area contributed by atoms with Gasteiger partial charge in [0, 0.05) is 52.0 Å². The fourth-order valence-electron chi connectivity index (χ4n) is 3.25. The van der Waals surface area contributed by atoms with Gasteiger partial charge >= 0.3 is 6.18 Å².